The third-order valence-electron chi connectivity index (χ3n) is 4.55. The van der Waals surface area contributed by atoms with Crippen LogP contribution in [0.25, 0.3) is 0 Å². The molecule has 0 spiro atoms. The zero-order valence-electron chi connectivity index (χ0n) is 11.3. The zero-order chi connectivity index (χ0) is 14.5. The number of benzene rings is 1. The lowest BCUT2D eigenvalue weighted by molar-refractivity contribution is -0.133. The van der Waals surface area contributed by atoms with Crippen LogP contribution in [0.3, 0.4) is 0 Å². The summed E-state index contributed by atoms with van der Waals surface area (Å²) in [5.74, 6) is -0.845. The van der Waals surface area contributed by atoms with Gasteiger partial charge in [-0.25, -0.2) is 8.42 Å². The SMILES string of the molecule is C[C@@H]1CC(=O)[C@](C)(O)[C@@]1(C)S(=O)(=O)c1ccccc1. The Hall–Kier alpha value is -1.20. The van der Waals surface area contributed by atoms with Gasteiger partial charge in [0.15, 0.2) is 15.6 Å². The Morgan fingerprint density at radius 3 is 2.16 bits per heavy atom. The average Bonchev–Trinajstić information content (AvgIpc) is 2.52. The van der Waals surface area contributed by atoms with Gasteiger partial charge < -0.3 is 5.11 Å². The number of sulfone groups is 1. The number of rotatable bonds is 2. The highest BCUT2D eigenvalue weighted by atomic mass is 32.2. The topological polar surface area (TPSA) is 71.4 Å². The van der Waals surface area contributed by atoms with E-state index in [2.05, 4.69) is 0 Å². The lowest BCUT2D eigenvalue weighted by atomic mass is 9.88. The van der Waals surface area contributed by atoms with E-state index in [0.717, 1.165) is 0 Å². The van der Waals surface area contributed by atoms with Crippen LogP contribution in [0, 0.1) is 5.92 Å². The average molecular weight is 282 g/mol. The molecule has 1 fully saturated rings. The van der Waals surface area contributed by atoms with E-state index in [4.69, 9.17) is 0 Å². The van der Waals surface area contributed by atoms with E-state index in [9.17, 15) is 18.3 Å². The fourth-order valence-electron chi connectivity index (χ4n) is 2.80. The number of carbonyl (C=O) groups excluding carboxylic acids is 1. The van der Waals surface area contributed by atoms with Gasteiger partial charge in [0, 0.05) is 6.42 Å². The maximum atomic E-state index is 12.8. The number of hydrogen-bond acceptors (Lipinski definition) is 4. The van der Waals surface area contributed by atoms with Gasteiger partial charge in [0.25, 0.3) is 0 Å². The van der Waals surface area contributed by atoms with Gasteiger partial charge in [-0.2, -0.15) is 0 Å². The van der Waals surface area contributed by atoms with E-state index in [-0.39, 0.29) is 11.3 Å². The molecule has 3 atom stereocenters. The lowest BCUT2D eigenvalue weighted by Crippen LogP contribution is -2.56. The summed E-state index contributed by atoms with van der Waals surface area (Å²) in [7, 11) is -3.80. The molecule has 2 rings (SSSR count). The van der Waals surface area contributed by atoms with Crippen LogP contribution in [0.5, 0.6) is 0 Å². The molecule has 19 heavy (non-hydrogen) atoms. The van der Waals surface area contributed by atoms with Crippen molar-refractivity contribution >= 4 is 15.6 Å². The first-order chi connectivity index (χ1) is 8.65. The summed E-state index contributed by atoms with van der Waals surface area (Å²) >= 11 is 0. The van der Waals surface area contributed by atoms with E-state index < -0.39 is 31.9 Å². The highest BCUT2D eigenvalue weighted by Gasteiger charge is 2.65. The molecule has 5 heteroatoms. The normalized spacial score (nSPS) is 35.6. The maximum absolute atomic E-state index is 12.8. The molecule has 0 saturated heterocycles. The number of aliphatic hydroxyl groups is 1. The van der Waals surface area contributed by atoms with Gasteiger partial charge in [-0.05, 0) is 31.9 Å². The summed E-state index contributed by atoms with van der Waals surface area (Å²) in [5.41, 5.74) is -1.86. The van der Waals surface area contributed by atoms with Crippen molar-refractivity contribution in [2.24, 2.45) is 5.92 Å². The van der Waals surface area contributed by atoms with Crippen molar-refractivity contribution in [3.63, 3.8) is 0 Å². The monoisotopic (exact) mass is 282 g/mol. The van der Waals surface area contributed by atoms with Gasteiger partial charge in [-0.1, -0.05) is 25.1 Å². The summed E-state index contributed by atoms with van der Waals surface area (Å²) in [6.07, 6.45) is 0.0789. The second kappa shape index (κ2) is 4.15. The number of ketones is 1. The first-order valence-corrected chi connectivity index (χ1v) is 7.69. The van der Waals surface area contributed by atoms with Crippen molar-refractivity contribution in [1.29, 1.82) is 0 Å². The van der Waals surface area contributed by atoms with Crippen LogP contribution >= 0.6 is 0 Å². The molecule has 0 aromatic heterocycles. The van der Waals surface area contributed by atoms with Crippen LogP contribution in [0.2, 0.25) is 0 Å². The van der Waals surface area contributed by atoms with Crippen LogP contribution in [-0.2, 0) is 14.6 Å². The Balaban J connectivity index is 2.66. The highest BCUT2D eigenvalue weighted by Crippen LogP contribution is 2.48. The fourth-order valence-corrected chi connectivity index (χ4v) is 5.05. The molecule has 4 nitrogen and oxygen atoms in total. The minimum absolute atomic E-state index is 0.0789. The molecule has 1 aliphatic carbocycles. The fraction of sp³-hybridized carbons (Fsp3) is 0.500. The third-order valence-corrected chi connectivity index (χ3v) is 7.36. The van der Waals surface area contributed by atoms with Crippen LogP contribution < -0.4 is 0 Å². The first kappa shape index (κ1) is 14.2. The quantitative estimate of drug-likeness (QED) is 0.894. The highest BCUT2D eigenvalue weighted by molar-refractivity contribution is 7.93. The molecule has 0 amide bonds. The summed E-state index contributed by atoms with van der Waals surface area (Å²) in [4.78, 5) is 12.0. The Bertz CT molecular complexity index is 604. The lowest BCUT2D eigenvalue weighted by Gasteiger charge is -2.37. The van der Waals surface area contributed by atoms with Crippen molar-refractivity contribution in [3.05, 3.63) is 30.3 Å². The maximum Gasteiger partial charge on any atom is 0.187 e. The minimum Gasteiger partial charge on any atom is -0.381 e. The second-order valence-electron chi connectivity index (χ2n) is 5.52. The Labute approximate surface area is 113 Å². The smallest absolute Gasteiger partial charge is 0.187 e. The van der Waals surface area contributed by atoms with Gasteiger partial charge in [0.05, 0.1) is 4.90 Å². The largest absolute Gasteiger partial charge is 0.381 e. The van der Waals surface area contributed by atoms with Gasteiger partial charge >= 0.3 is 0 Å². The van der Waals surface area contributed by atoms with E-state index in [1.54, 1.807) is 25.1 Å². The molecule has 1 aromatic rings. The standard InChI is InChI=1S/C14H18O4S/c1-10-9-12(15)13(2,16)14(10,3)19(17,18)11-7-5-4-6-8-11/h4-8,10,16H,9H2,1-3H3/t10-,13+,14+/m1/s1. The predicted octanol–water partition coefficient (Wildman–Crippen LogP) is 1.58. The third kappa shape index (κ3) is 1.68. The van der Waals surface area contributed by atoms with E-state index in [1.807, 2.05) is 0 Å². The van der Waals surface area contributed by atoms with Crippen molar-refractivity contribution in [1.82, 2.24) is 0 Å². The number of hydrogen-bond donors (Lipinski definition) is 1. The minimum atomic E-state index is -3.80. The molecular weight excluding hydrogens is 264 g/mol. The zero-order valence-corrected chi connectivity index (χ0v) is 12.1. The van der Waals surface area contributed by atoms with Gasteiger partial charge in [0.2, 0.25) is 0 Å². The molecule has 1 saturated carbocycles. The van der Waals surface area contributed by atoms with Crippen LogP contribution in [0.1, 0.15) is 27.2 Å². The molecular formula is C14H18O4S. The summed E-state index contributed by atoms with van der Waals surface area (Å²) in [6, 6.07) is 7.97. The number of carbonyl (C=O) groups is 1. The van der Waals surface area contributed by atoms with Gasteiger partial charge in [-0.3, -0.25) is 4.79 Å². The van der Waals surface area contributed by atoms with Crippen molar-refractivity contribution in [2.45, 2.75) is 42.4 Å². The molecule has 0 bridgehead atoms. The van der Waals surface area contributed by atoms with Crippen LogP contribution in [0.4, 0.5) is 0 Å². The van der Waals surface area contributed by atoms with E-state index >= 15 is 0 Å². The summed E-state index contributed by atoms with van der Waals surface area (Å²) < 4.78 is 24.1. The summed E-state index contributed by atoms with van der Waals surface area (Å²) in [5, 5.41) is 10.4. The molecule has 0 unspecified atom stereocenters. The molecule has 1 aliphatic rings. The van der Waals surface area contributed by atoms with Crippen LogP contribution in [-0.4, -0.2) is 29.7 Å². The molecule has 1 aromatic carbocycles. The van der Waals surface area contributed by atoms with Gasteiger partial charge in [-0.15, -0.1) is 0 Å². The van der Waals surface area contributed by atoms with Crippen molar-refractivity contribution in [2.75, 3.05) is 0 Å². The first-order valence-electron chi connectivity index (χ1n) is 6.21. The molecule has 1 N–H and O–H groups in total. The van der Waals surface area contributed by atoms with E-state index in [0.29, 0.717) is 0 Å². The Morgan fingerprint density at radius 2 is 1.74 bits per heavy atom. The molecule has 0 heterocycles. The Kier molecular flexibility index (Phi) is 3.10. The number of Topliss-reactive ketones (excluding diaryl/α,β-unsaturated/α-hetero) is 1. The molecule has 0 radical (unpaired) electrons. The molecule has 0 aliphatic heterocycles. The van der Waals surface area contributed by atoms with E-state index in [1.165, 1.54) is 26.0 Å². The summed E-state index contributed by atoms with van der Waals surface area (Å²) in [6.45, 7) is 4.46. The second-order valence-corrected chi connectivity index (χ2v) is 7.85. The molecule has 104 valence electrons. The van der Waals surface area contributed by atoms with Crippen molar-refractivity contribution in [3.8, 4) is 0 Å². The van der Waals surface area contributed by atoms with Gasteiger partial charge in [0.1, 0.15) is 10.3 Å². The van der Waals surface area contributed by atoms with Crippen LogP contribution in [0.15, 0.2) is 35.2 Å². The Morgan fingerprint density at radius 1 is 1.21 bits per heavy atom. The predicted molar refractivity (Wildman–Crippen MR) is 71.4 cm³/mol. The van der Waals surface area contributed by atoms with Crippen molar-refractivity contribution < 1.29 is 18.3 Å².